The number of hydrogen-bond donors (Lipinski definition) is 3. The lowest BCUT2D eigenvalue weighted by Gasteiger charge is -2.60. The van der Waals surface area contributed by atoms with Crippen molar-refractivity contribution < 1.29 is 20.1 Å². The third-order valence-corrected chi connectivity index (χ3v) is 9.40. The number of rotatable bonds is 2. The van der Waals surface area contributed by atoms with E-state index in [1.165, 1.54) is 5.57 Å². The van der Waals surface area contributed by atoms with Gasteiger partial charge in [0.25, 0.3) is 0 Å². The zero-order valence-corrected chi connectivity index (χ0v) is 18.3. The molecule has 0 aliphatic heterocycles. The fourth-order valence-corrected chi connectivity index (χ4v) is 7.74. The highest BCUT2D eigenvalue weighted by molar-refractivity contribution is 14.1. The number of carbonyl (C=O) groups excluding carboxylic acids is 1. The third kappa shape index (κ3) is 2.58. The van der Waals surface area contributed by atoms with Gasteiger partial charge in [0.1, 0.15) is 12.2 Å². The Balaban J connectivity index is 1.72. The van der Waals surface area contributed by atoms with E-state index in [4.69, 9.17) is 0 Å². The van der Waals surface area contributed by atoms with Crippen molar-refractivity contribution in [2.75, 3.05) is 6.61 Å². The molecule has 7 atom stereocenters. The summed E-state index contributed by atoms with van der Waals surface area (Å²) in [6, 6.07) is 0. The molecule has 4 rings (SSSR count). The first-order valence-electron chi connectivity index (χ1n) is 10.1. The molecule has 0 aromatic rings. The zero-order chi connectivity index (χ0) is 19.6. The lowest BCUT2D eigenvalue weighted by Crippen LogP contribution is -2.62. The number of halogens is 1. The topological polar surface area (TPSA) is 90.1 Å². The smallest absolute Gasteiger partial charge is 0.190 e. The minimum Gasteiger partial charge on any atom is -0.393 e. The van der Waals surface area contributed by atoms with Gasteiger partial charge in [0.05, 0.1) is 29.0 Å². The van der Waals surface area contributed by atoms with Crippen molar-refractivity contribution in [3.8, 4) is 0 Å². The van der Waals surface area contributed by atoms with Gasteiger partial charge in [-0.15, -0.1) is 0 Å². The van der Waals surface area contributed by atoms with Gasteiger partial charge in [-0.3, -0.25) is 4.79 Å². The number of allylic oxidation sites excluding steroid dienone is 2. The lowest BCUT2D eigenvalue weighted by molar-refractivity contribution is -0.181. The van der Waals surface area contributed by atoms with Crippen LogP contribution in [0.5, 0.6) is 0 Å². The maximum atomic E-state index is 12.4. The minimum atomic E-state index is -1.51. The third-order valence-electron chi connectivity index (χ3n) is 8.78. The quantitative estimate of drug-likeness (QED) is 0.523. The number of Topliss-reactive ketones (excluding diaryl/α,β-unsaturated/α-hetero) is 1. The first kappa shape index (κ1) is 20.0. The van der Waals surface area contributed by atoms with E-state index < -0.39 is 29.5 Å². The summed E-state index contributed by atoms with van der Waals surface area (Å²) in [5.74, 6) is 0.197. The van der Waals surface area contributed by atoms with Gasteiger partial charge in [0.2, 0.25) is 0 Å². The van der Waals surface area contributed by atoms with Crippen LogP contribution in [0.3, 0.4) is 0 Å². The fraction of sp³-hybridized carbons (Fsp3) is 0.810. The average molecular weight is 487 g/mol. The first-order valence-corrected chi connectivity index (χ1v) is 11.1. The molecule has 5 nitrogen and oxygen atoms in total. The lowest BCUT2D eigenvalue weighted by atomic mass is 9.45. The number of hydrogen-bond acceptors (Lipinski definition) is 5. The molecule has 3 N–H and O–H groups in total. The molecule has 0 aromatic heterocycles. The monoisotopic (exact) mass is 487 g/mol. The molecule has 4 aliphatic carbocycles. The van der Waals surface area contributed by atoms with Gasteiger partial charge in [-0.1, -0.05) is 19.4 Å². The van der Waals surface area contributed by atoms with Crippen molar-refractivity contribution in [1.29, 1.82) is 0 Å². The maximum absolute atomic E-state index is 12.4. The zero-order valence-electron chi connectivity index (χ0n) is 16.1. The van der Waals surface area contributed by atoms with Gasteiger partial charge in [0.15, 0.2) is 5.78 Å². The molecule has 3 fully saturated rings. The van der Waals surface area contributed by atoms with Crippen LogP contribution < -0.4 is 0 Å². The summed E-state index contributed by atoms with van der Waals surface area (Å²) in [5.41, 5.74) is 0.349. The predicted octanol–water partition coefficient (Wildman–Crippen LogP) is 3.00. The number of fused-ring (bicyclic) bond motifs is 5. The molecule has 3 saturated carbocycles. The normalized spacial score (nSPS) is 50.6. The van der Waals surface area contributed by atoms with Gasteiger partial charge in [-0.05, 0) is 74.2 Å². The van der Waals surface area contributed by atoms with Gasteiger partial charge < -0.3 is 15.3 Å². The average Bonchev–Trinajstić information content (AvgIpc) is 2.91. The molecule has 6 heteroatoms. The first-order chi connectivity index (χ1) is 12.7. The Bertz CT molecular complexity index is 721. The van der Waals surface area contributed by atoms with Crippen molar-refractivity contribution in [3.63, 3.8) is 0 Å². The Morgan fingerprint density at radius 2 is 2.04 bits per heavy atom. The summed E-state index contributed by atoms with van der Waals surface area (Å²) in [4.78, 5) is 12.4. The van der Waals surface area contributed by atoms with E-state index in [2.05, 4.69) is 39.1 Å². The highest BCUT2D eigenvalue weighted by Gasteiger charge is 2.68. The summed E-state index contributed by atoms with van der Waals surface area (Å²) in [7, 11) is 0. The van der Waals surface area contributed by atoms with Crippen LogP contribution in [0.15, 0.2) is 14.9 Å². The van der Waals surface area contributed by atoms with Gasteiger partial charge in [-0.2, -0.15) is 0 Å². The van der Waals surface area contributed by atoms with E-state index in [1.54, 1.807) is 0 Å². The summed E-state index contributed by atoms with van der Waals surface area (Å²) in [6.07, 6.45) is 7.25. The molecule has 0 heterocycles. The van der Waals surface area contributed by atoms with Gasteiger partial charge >= 0.3 is 0 Å². The van der Waals surface area contributed by atoms with E-state index in [0.29, 0.717) is 18.8 Å². The molecule has 0 spiro atoms. The summed E-state index contributed by atoms with van der Waals surface area (Å²) in [6.45, 7) is 3.63. The molecule has 0 amide bonds. The Morgan fingerprint density at radius 3 is 2.70 bits per heavy atom. The van der Waals surface area contributed by atoms with Crippen LogP contribution in [0.2, 0.25) is 0 Å². The number of nitrogens with zero attached hydrogens (tertiary/aromatic N) is 1. The highest BCUT2D eigenvalue weighted by Crippen LogP contribution is 2.67. The Morgan fingerprint density at radius 1 is 1.30 bits per heavy atom. The van der Waals surface area contributed by atoms with Crippen LogP contribution >= 0.6 is 22.9 Å². The highest BCUT2D eigenvalue weighted by atomic mass is 127. The fourth-order valence-electron chi connectivity index (χ4n) is 7.36. The van der Waals surface area contributed by atoms with E-state index in [1.807, 2.05) is 6.92 Å². The molecule has 0 radical (unpaired) electrons. The van der Waals surface area contributed by atoms with Gasteiger partial charge in [0, 0.05) is 11.1 Å². The van der Waals surface area contributed by atoms with Crippen LogP contribution in [0.1, 0.15) is 58.8 Å². The summed E-state index contributed by atoms with van der Waals surface area (Å²) >= 11 is 2.07. The molecule has 27 heavy (non-hydrogen) atoms. The number of ketones is 1. The molecule has 150 valence electrons. The Labute approximate surface area is 174 Å². The second kappa shape index (κ2) is 6.61. The van der Waals surface area contributed by atoms with Crippen molar-refractivity contribution in [2.45, 2.75) is 70.5 Å². The molecule has 0 unspecified atom stereocenters. The van der Waals surface area contributed by atoms with Crippen LogP contribution in [0.25, 0.3) is 0 Å². The van der Waals surface area contributed by atoms with Crippen molar-refractivity contribution >= 4 is 34.4 Å². The van der Waals surface area contributed by atoms with E-state index in [0.717, 1.165) is 37.8 Å². The van der Waals surface area contributed by atoms with Crippen molar-refractivity contribution in [2.24, 2.45) is 31.8 Å². The van der Waals surface area contributed by atoms with Crippen LogP contribution in [0.4, 0.5) is 0 Å². The molecule has 4 aliphatic rings. The summed E-state index contributed by atoms with van der Waals surface area (Å²) < 4.78 is 4.36. The molecular formula is C21H30INO4. The molecular weight excluding hydrogens is 457 g/mol. The minimum absolute atomic E-state index is 0.0316. The number of aliphatic hydroxyl groups is 3. The number of aliphatic hydroxyl groups excluding tert-OH is 2. The van der Waals surface area contributed by atoms with Crippen molar-refractivity contribution in [3.05, 3.63) is 11.6 Å². The van der Waals surface area contributed by atoms with E-state index >= 15 is 0 Å². The predicted molar refractivity (Wildman–Crippen MR) is 112 cm³/mol. The maximum Gasteiger partial charge on any atom is 0.190 e. The van der Waals surface area contributed by atoms with Crippen LogP contribution in [-0.4, -0.2) is 45.1 Å². The van der Waals surface area contributed by atoms with Crippen molar-refractivity contribution in [1.82, 2.24) is 0 Å². The van der Waals surface area contributed by atoms with Gasteiger partial charge in [-0.25, -0.2) is 3.21 Å². The summed E-state index contributed by atoms with van der Waals surface area (Å²) in [5, 5.41) is 31.9. The number of carbonyl (C=O) groups is 1. The van der Waals surface area contributed by atoms with Crippen LogP contribution in [0, 0.1) is 28.6 Å². The second-order valence-corrected chi connectivity index (χ2v) is 10.1. The molecule has 0 bridgehead atoms. The Hall–Kier alpha value is -0.310. The molecule has 0 saturated heterocycles. The Kier molecular flexibility index (Phi) is 4.89. The van der Waals surface area contributed by atoms with E-state index in [-0.39, 0.29) is 17.3 Å². The second-order valence-electron chi connectivity index (χ2n) is 9.67. The largest absolute Gasteiger partial charge is 0.393 e. The van der Waals surface area contributed by atoms with E-state index in [9.17, 15) is 20.1 Å². The SMILES string of the molecule is C[C@]12CC/C(=N/I)C=C1CC[C@@H]1[C@@H]2[C@H](O)C[C@@]2(C)[C@H]1CC[C@]2(O)C(=O)CO. The standard InChI is InChI=1S/C21H30INO4/c1-19-7-5-13(23-22)9-12(19)3-4-14-15-6-8-21(27,17(26)11-24)20(15,2)10-16(25)18(14)19/h9,14-16,18,24-25,27H,3-8,10-11H2,1-2H3/b23-13-/t14-,15-,16+,18+,19-,20-,21-/m0/s1. The van der Waals surface area contributed by atoms with Crippen LogP contribution in [-0.2, 0) is 4.79 Å². The molecule has 0 aromatic carbocycles.